The van der Waals surface area contributed by atoms with E-state index in [0.29, 0.717) is 12.3 Å². The van der Waals surface area contributed by atoms with Gasteiger partial charge in [-0.25, -0.2) is 4.79 Å². The SMILES string of the molecule is CC[Si](C#C[C@@H](O)[C@H](CC(C)C)NC(=O)OC(C)(C)C)(CC)CC. The molecule has 2 atom stereocenters. The number of ether oxygens (including phenoxy) is 1. The van der Waals surface area contributed by atoms with Gasteiger partial charge in [-0.2, -0.15) is 0 Å². The molecule has 5 heteroatoms. The Morgan fingerprint density at radius 2 is 1.67 bits per heavy atom. The summed E-state index contributed by atoms with van der Waals surface area (Å²) in [5, 5.41) is 13.3. The average Bonchev–Trinajstić information content (AvgIpc) is 2.46. The maximum Gasteiger partial charge on any atom is 0.407 e. The van der Waals surface area contributed by atoms with Crippen molar-refractivity contribution in [2.45, 2.75) is 97.7 Å². The van der Waals surface area contributed by atoms with Crippen molar-refractivity contribution in [2.24, 2.45) is 5.92 Å². The molecule has 0 radical (unpaired) electrons. The zero-order valence-corrected chi connectivity index (χ0v) is 17.8. The molecule has 0 fully saturated rings. The molecule has 0 saturated heterocycles. The van der Waals surface area contributed by atoms with E-state index >= 15 is 0 Å². The highest BCUT2D eigenvalue weighted by molar-refractivity contribution is 6.87. The minimum atomic E-state index is -1.61. The summed E-state index contributed by atoms with van der Waals surface area (Å²) in [5.41, 5.74) is 2.85. The smallest absolute Gasteiger partial charge is 0.407 e. The van der Waals surface area contributed by atoms with Crippen LogP contribution in [-0.4, -0.2) is 37.0 Å². The fourth-order valence-corrected chi connectivity index (χ4v) is 5.06. The molecule has 4 nitrogen and oxygen atoms in total. The Kier molecular flexibility index (Phi) is 9.68. The number of carbonyl (C=O) groups is 1. The van der Waals surface area contributed by atoms with E-state index in [9.17, 15) is 9.90 Å². The van der Waals surface area contributed by atoms with E-state index in [1.54, 1.807) is 0 Å². The maximum atomic E-state index is 12.0. The maximum absolute atomic E-state index is 12.0. The standard InChI is InChI=1S/C19H37NO3Si/c1-9-24(10-2,11-3)13-12-17(21)16(14-15(4)5)20-18(22)23-19(6,7)8/h15-17,21H,9-11,14H2,1-8H3,(H,20,22)/t16-,17+/m0/s1. The molecule has 0 spiro atoms. The van der Waals surface area contributed by atoms with Crippen LogP contribution in [-0.2, 0) is 4.74 Å². The Balaban J connectivity index is 5.15. The summed E-state index contributed by atoms with van der Waals surface area (Å²) in [5.74, 6) is 3.39. The largest absolute Gasteiger partial charge is 0.444 e. The minimum absolute atomic E-state index is 0.340. The number of aliphatic hydroxyl groups is 1. The molecule has 0 aliphatic carbocycles. The van der Waals surface area contributed by atoms with E-state index in [1.165, 1.54) is 0 Å². The highest BCUT2D eigenvalue weighted by atomic mass is 28.3. The van der Waals surface area contributed by atoms with Gasteiger partial charge in [-0.15, -0.1) is 5.54 Å². The first-order valence-corrected chi connectivity index (χ1v) is 11.8. The Labute approximate surface area is 149 Å². The van der Waals surface area contributed by atoms with Gasteiger partial charge in [-0.05, 0) is 51.2 Å². The number of aliphatic hydroxyl groups excluding tert-OH is 1. The first-order chi connectivity index (χ1) is 11.0. The van der Waals surface area contributed by atoms with Crippen LogP contribution in [0.25, 0.3) is 0 Å². The van der Waals surface area contributed by atoms with Crippen LogP contribution in [0.2, 0.25) is 18.1 Å². The molecule has 0 aliphatic heterocycles. The third-order valence-corrected chi connectivity index (χ3v) is 9.06. The van der Waals surface area contributed by atoms with E-state index in [0.717, 1.165) is 18.1 Å². The van der Waals surface area contributed by atoms with Crippen LogP contribution in [0.1, 0.15) is 61.8 Å². The second kappa shape index (κ2) is 10.1. The zero-order valence-electron chi connectivity index (χ0n) is 16.8. The molecule has 1 amide bonds. The van der Waals surface area contributed by atoms with Gasteiger partial charge in [0, 0.05) is 0 Å². The van der Waals surface area contributed by atoms with E-state index in [1.807, 2.05) is 20.8 Å². The molecule has 140 valence electrons. The van der Waals surface area contributed by atoms with Crippen molar-refractivity contribution in [3.63, 3.8) is 0 Å². The second-order valence-electron chi connectivity index (χ2n) is 7.94. The molecule has 0 saturated carbocycles. The van der Waals surface area contributed by atoms with Crippen LogP contribution in [0, 0.1) is 17.4 Å². The van der Waals surface area contributed by atoms with Crippen molar-refractivity contribution in [1.82, 2.24) is 5.32 Å². The van der Waals surface area contributed by atoms with Crippen LogP contribution in [0.4, 0.5) is 4.79 Å². The topological polar surface area (TPSA) is 58.6 Å². The van der Waals surface area contributed by atoms with Gasteiger partial charge in [0.15, 0.2) is 0 Å². The number of carbonyl (C=O) groups excluding carboxylic acids is 1. The lowest BCUT2D eigenvalue weighted by molar-refractivity contribution is 0.0447. The summed E-state index contributed by atoms with van der Waals surface area (Å²) in [6.45, 7) is 16.2. The number of amides is 1. The van der Waals surface area contributed by atoms with Gasteiger partial charge in [0.25, 0.3) is 0 Å². The molecule has 0 rings (SSSR count). The van der Waals surface area contributed by atoms with Gasteiger partial charge in [-0.1, -0.05) is 40.5 Å². The lowest BCUT2D eigenvalue weighted by Gasteiger charge is -2.26. The quantitative estimate of drug-likeness (QED) is 0.527. The summed E-state index contributed by atoms with van der Waals surface area (Å²) in [6, 6.07) is 2.86. The van der Waals surface area contributed by atoms with Crippen molar-refractivity contribution in [1.29, 1.82) is 0 Å². The molecule has 2 N–H and O–H groups in total. The van der Waals surface area contributed by atoms with E-state index in [4.69, 9.17) is 4.74 Å². The molecule has 0 aromatic heterocycles. The van der Waals surface area contributed by atoms with E-state index in [-0.39, 0.29) is 0 Å². The molecular weight excluding hydrogens is 318 g/mol. The van der Waals surface area contributed by atoms with Crippen molar-refractivity contribution in [2.75, 3.05) is 0 Å². The number of hydrogen-bond acceptors (Lipinski definition) is 3. The molecule has 0 aliphatic rings. The van der Waals surface area contributed by atoms with E-state index < -0.39 is 31.9 Å². The van der Waals surface area contributed by atoms with Crippen LogP contribution in [0.3, 0.4) is 0 Å². The molecule has 0 heterocycles. The first kappa shape index (κ1) is 23.0. The summed E-state index contributed by atoms with van der Waals surface area (Å²) in [4.78, 5) is 12.0. The predicted octanol–water partition coefficient (Wildman–Crippen LogP) is 4.34. The second-order valence-corrected chi connectivity index (χ2v) is 12.9. The molecular formula is C19H37NO3Si. The van der Waals surface area contributed by atoms with Crippen molar-refractivity contribution in [3.05, 3.63) is 0 Å². The lowest BCUT2D eigenvalue weighted by atomic mass is 10.00. The Morgan fingerprint density at radius 1 is 1.17 bits per heavy atom. The number of nitrogens with one attached hydrogen (secondary N) is 1. The van der Waals surface area contributed by atoms with E-state index in [2.05, 4.69) is 51.4 Å². The third kappa shape index (κ3) is 8.75. The zero-order chi connectivity index (χ0) is 19.0. The highest BCUT2D eigenvalue weighted by Crippen LogP contribution is 2.19. The van der Waals surface area contributed by atoms with Crippen LogP contribution in [0.5, 0.6) is 0 Å². The van der Waals surface area contributed by atoms with Gasteiger partial charge < -0.3 is 15.2 Å². The third-order valence-electron chi connectivity index (χ3n) is 4.32. The number of hydrogen-bond donors (Lipinski definition) is 2. The van der Waals surface area contributed by atoms with Crippen LogP contribution in [0.15, 0.2) is 0 Å². The number of alkyl carbamates (subject to hydrolysis) is 1. The summed E-state index contributed by atoms with van der Waals surface area (Å²) < 4.78 is 5.31. The Bertz CT molecular complexity index is 433. The summed E-state index contributed by atoms with van der Waals surface area (Å²) in [6.07, 6.45) is -0.705. The van der Waals surface area contributed by atoms with Crippen molar-refractivity contribution < 1.29 is 14.6 Å². The molecule has 24 heavy (non-hydrogen) atoms. The Hall–Kier alpha value is -0.993. The van der Waals surface area contributed by atoms with Crippen molar-refractivity contribution >= 4 is 14.2 Å². The monoisotopic (exact) mass is 355 g/mol. The van der Waals surface area contributed by atoms with Crippen LogP contribution >= 0.6 is 0 Å². The average molecular weight is 356 g/mol. The fourth-order valence-electron chi connectivity index (χ4n) is 2.58. The predicted molar refractivity (Wildman–Crippen MR) is 104 cm³/mol. The van der Waals surface area contributed by atoms with Gasteiger partial charge >= 0.3 is 6.09 Å². The Morgan fingerprint density at radius 3 is 2.04 bits per heavy atom. The number of rotatable bonds is 7. The summed E-state index contributed by atoms with van der Waals surface area (Å²) in [7, 11) is -1.61. The first-order valence-electron chi connectivity index (χ1n) is 9.18. The highest BCUT2D eigenvalue weighted by Gasteiger charge is 2.27. The molecule has 0 aromatic rings. The van der Waals surface area contributed by atoms with Gasteiger partial charge in [0.1, 0.15) is 19.8 Å². The van der Waals surface area contributed by atoms with Crippen LogP contribution < -0.4 is 5.32 Å². The molecule has 0 bridgehead atoms. The normalized spacial score (nSPS) is 14.6. The fraction of sp³-hybridized carbons (Fsp3) is 0.842. The summed E-state index contributed by atoms with van der Waals surface area (Å²) >= 11 is 0. The minimum Gasteiger partial charge on any atom is -0.444 e. The van der Waals surface area contributed by atoms with Gasteiger partial charge in [0.2, 0.25) is 0 Å². The lowest BCUT2D eigenvalue weighted by Crippen LogP contribution is -2.46. The van der Waals surface area contributed by atoms with Gasteiger partial charge in [0.05, 0.1) is 6.04 Å². The van der Waals surface area contributed by atoms with Crippen molar-refractivity contribution in [3.8, 4) is 11.5 Å². The molecule has 0 aromatic carbocycles. The molecule has 0 unspecified atom stereocenters. The van der Waals surface area contributed by atoms with Gasteiger partial charge in [-0.3, -0.25) is 0 Å².